The third-order valence-electron chi connectivity index (χ3n) is 4.61. The van der Waals surface area contributed by atoms with Gasteiger partial charge >= 0.3 is 0 Å². The van der Waals surface area contributed by atoms with E-state index in [4.69, 9.17) is 0 Å². The number of carbonyl (C=O) groups is 2. The molecule has 0 bridgehead atoms. The molecular formula is C21H24N2O2. The van der Waals surface area contributed by atoms with E-state index < -0.39 is 0 Å². The number of nitrogens with one attached hydrogen (secondary N) is 2. The number of carbonyl (C=O) groups excluding carboxylic acids is 2. The van der Waals surface area contributed by atoms with Gasteiger partial charge in [0, 0.05) is 18.0 Å². The minimum atomic E-state index is -0.216. The molecule has 2 N–H and O–H groups in total. The fraction of sp³-hybridized carbons (Fsp3) is 0.333. The molecule has 0 spiro atoms. The fourth-order valence-electron chi connectivity index (χ4n) is 3.38. The van der Waals surface area contributed by atoms with Gasteiger partial charge in [0.05, 0.1) is 6.04 Å². The van der Waals surface area contributed by atoms with Crippen LogP contribution in [0.3, 0.4) is 0 Å². The average Bonchev–Trinajstić information content (AvgIpc) is 2.62. The quantitative estimate of drug-likeness (QED) is 0.879. The first-order chi connectivity index (χ1) is 12.1. The second-order valence-corrected chi connectivity index (χ2v) is 6.66. The van der Waals surface area contributed by atoms with E-state index in [9.17, 15) is 9.59 Å². The standard InChI is InChI=1S/C21H24N2O2/c1-15(22-21(25)17-9-3-2-4-10-17)14-20(24)23-19-13-7-11-16-8-5-6-12-18(16)19/h2-6,8-10,12,15,19H,7,11,13-14H2,1H3,(H,22,25)(H,23,24)/t15-,19+/m0/s1. The Bertz CT molecular complexity index is 743. The van der Waals surface area contributed by atoms with Gasteiger partial charge in [0.25, 0.3) is 5.91 Å². The summed E-state index contributed by atoms with van der Waals surface area (Å²) in [6, 6.07) is 17.2. The summed E-state index contributed by atoms with van der Waals surface area (Å²) in [7, 11) is 0. The Hall–Kier alpha value is -2.62. The summed E-state index contributed by atoms with van der Waals surface area (Å²) in [6.45, 7) is 1.86. The first kappa shape index (κ1) is 17.2. The van der Waals surface area contributed by atoms with Crippen LogP contribution < -0.4 is 10.6 Å². The molecule has 2 atom stereocenters. The minimum absolute atomic E-state index is 0.0254. The van der Waals surface area contributed by atoms with Gasteiger partial charge in [0.1, 0.15) is 0 Å². The van der Waals surface area contributed by atoms with Crippen molar-refractivity contribution in [1.82, 2.24) is 10.6 Å². The van der Waals surface area contributed by atoms with Gasteiger partial charge in [-0.15, -0.1) is 0 Å². The summed E-state index contributed by atoms with van der Waals surface area (Å²) in [5.41, 5.74) is 3.16. The molecule has 2 aromatic carbocycles. The van der Waals surface area contributed by atoms with Crippen molar-refractivity contribution >= 4 is 11.8 Å². The number of fused-ring (bicyclic) bond motifs is 1. The van der Waals surface area contributed by atoms with Crippen molar-refractivity contribution in [2.24, 2.45) is 0 Å². The van der Waals surface area contributed by atoms with E-state index in [2.05, 4.69) is 22.8 Å². The molecule has 2 amide bonds. The summed E-state index contributed by atoms with van der Waals surface area (Å²) < 4.78 is 0. The van der Waals surface area contributed by atoms with Crippen LogP contribution in [0, 0.1) is 0 Å². The number of aryl methyl sites for hydroxylation is 1. The van der Waals surface area contributed by atoms with Crippen molar-refractivity contribution in [3.8, 4) is 0 Å². The molecule has 3 rings (SSSR count). The summed E-state index contributed by atoms with van der Waals surface area (Å²) in [6.07, 6.45) is 3.40. The smallest absolute Gasteiger partial charge is 0.251 e. The van der Waals surface area contributed by atoms with Crippen LogP contribution in [0.15, 0.2) is 54.6 Å². The van der Waals surface area contributed by atoms with Crippen molar-refractivity contribution in [1.29, 1.82) is 0 Å². The molecule has 1 aliphatic rings. The van der Waals surface area contributed by atoms with Gasteiger partial charge in [-0.05, 0) is 49.4 Å². The highest BCUT2D eigenvalue weighted by Gasteiger charge is 2.22. The molecule has 25 heavy (non-hydrogen) atoms. The van der Waals surface area contributed by atoms with Crippen LogP contribution in [0.5, 0.6) is 0 Å². The molecule has 0 saturated heterocycles. The van der Waals surface area contributed by atoms with Gasteiger partial charge in [0.15, 0.2) is 0 Å². The van der Waals surface area contributed by atoms with E-state index in [-0.39, 0.29) is 30.3 Å². The lowest BCUT2D eigenvalue weighted by molar-refractivity contribution is -0.122. The van der Waals surface area contributed by atoms with Gasteiger partial charge in [0.2, 0.25) is 5.91 Å². The molecule has 1 aliphatic carbocycles. The van der Waals surface area contributed by atoms with Crippen LogP contribution in [0.25, 0.3) is 0 Å². The number of hydrogen-bond donors (Lipinski definition) is 2. The molecule has 0 aliphatic heterocycles. The molecule has 0 fully saturated rings. The van der Waals surface area contributed by atoms with Crippen LogP contribution >= 0.6 is 0 Å². The molecule has 4 nitrogen and oxygen atoms in total. The lowest BCUT2D eigenvalue weighted by Gasteiger charge is -2.27. The van der Waals surface area contributed by atoms with Gasteiger partial charge < -0.3 is 10.6 Å². The maximum Gasteiger partial charge on any atom is 0.251 e. The van der Waals surface area contributed by atoms with Crippen LogP contribution in [0.4, 0.5) is 0 Å². The van der Waals surface area contributed by atoms with E-state index >= 15 is 0 Å². The summed E-state index contributed by atoms with van der Waals surface area (Å²) >= 11 is 0. The first-order valence-corrected chi connectivity index (χ1v) is 8.86. The Morgan fingerprint density at radius 2 is 1.80 bits per heavy atom. The number of rotatable bonds is 5. The molecule has 4 heteroatoms. The Labute approximate surface area is 148 Å². The Morgan fingerprint density at radius 1 is 1.08 bits per heavy atom. The Balaban J connectivity index is 1.54. The van der Waals surface area contributed by atoms with Crippen molar-refractivity contribution in [3.05, 3.63) is 71.3 Å². The number of hydrogen-bond acceptors (Lipinski definition) is 2. The largest absolute Gasteiger partial charge is 0.349 e. The van der Waals surface area contributed by atoms with E-state index in [1.165, 1.54) is 11.1 Å². The lowest BCUT2D eigenvalue weighted by Crippen LogP contribution is -2.38. The molecule has 0 radical (unpaired) electrons. The number of amides is 2. The maximum atomic E-state index is 12.4. The predicted octanol–water partition coefficient (Wildman–Crippen LogP) is 3.39. The van der Waals surface area contributed by atoms with E-state index in [0.29, 0.717) is 5.56 Å². The average molecular weight is 336 g/mol. The monoisotopic (exact) mass is 336 g/mol. The zero-order chi connectivity index (χ0) is 17.6. The van der Waals surface area contributed by atoms with Crippen molar-refractivity contribution in [3.63, 3.8) is 0 Å². The minimum Gasteiger partial charge on any atom is -0.349 e. The predicted molar refractivity (Wildman–Crippen MR) is 98.3 cm³/mol. The molecule has 0 saturated carbocycles. The maximum absolute atomic E-state index is 12.4. The summed E-state index contributed by atoms with van der Waals surface area (Å²) in [4.78, 5) is 24.5. The SMILES string of the molecule is C[C@@H](CC(=O)N[C@@H]1CCCc2ccccc21)NC(=O)c1ccccc1. The van der Waals surface area contributed by atoms with Crippen LogP contribution in [0.1, 0.15) is 53.7 Å². The van der Waals surface area contributed by atoms with E-state index in [0.717, 1.165) is 19.3 Å². The van der Waals surface area contributed by atoms with Crippen LogP contribution in [0.2, 0.25) is 0 Å². The highest BCUT2D eigenvalue weighted by atomic mass is 16.2. The first-order valence-electron chi connectivity index (χ1n) is 8.86. The Kier molecular flexibility index (Phi) is 5.49. The molecular weight excluding hydrogens is 312 g/mol. The second-order valence-electron chi connectivity index (χ2n) is 6.66. The molecule has 130 valence electrons. The fourth-order valence-corrected chi connectivity index (χ4v) is 3.38. The van der Waals surface area contributed by atoms with Gasteiger partial charge in [-0.3, -0.25) is 9.59 Å². The molecule has 0 unspecified atom stereocenters. The lowest BCUT2D eigenvalue weighted by atomic mass is 9.87. The second kappa shape index (κ2) is 7.97. The molecule has 0 heterocycles. The van der Waals surface area contributed by atoms with Crippen LogP contribution in [-0.2, 0) is 11.2 Å². The number of benzene rings is 2. The van der Waals surface area contributed by atoms with E-state index in [1.54, 1.807) is 12.1 Å². The van der Waals surface area contributed by atoms with Gasteiger partial charge in [-0.2, -0.15) is 0 Å². The van der Waals surface area contributed by atoms with Crippen molar-refractivity contribution < 1.29 is 9.59 Å². The van der Waals surface area contributed by atoms with Gasteiger partial charge in [-0.25, -0.2) is 0 Å². The van der Waals surface area contributed by atoms with E-state index in [1.807, 2.05) is 37.3 Å². The summed E-state index contributed by atoms with van der Waals surface area (Å²) in [5.74, 6) is -0.175. The zero-order valence-electron chi connectivity index (χ0n) is 14.5. The molecule has 0 aromatic heterocycles. The highest BCUT2D eigenvalue weighted by molar-refractivity contribution is 5.94. The summed E-state index contributed by atoms with van der Waals surface area (Å²) in [5, 5.41) is 6.01. The topological polar surface area (TPSA) is 58.2 Å². The van der Waals surface area contributed by atoms with Crippen molar-refractivity contribution in [2.75, 3.05) is 0 Å². The third-order valence-corrected chi connectivity index (χ3v) is 4.61. The van der Waals surface area contributed by atoms with Gasteiger partial charge in [-0.1, -0.05) is 42.5 Å². The van der Waals surface area contributed by atoms with Crippen LogP contribution in [-0.4, -0.2) is 17.9 Å². The zero-order valence-corrected chi connectivity index (χ0v) is 14.5. The van der Waals surface area contributed by atoms with Crippen molar-refractivity contribution in [2.45, 2.75) is 44.7 Å². The highest BCUT2D eigenvalue weighted by Crippen LogP contribution is 2.29. The Morgan fingerprint density at radius 3 is 2.60 bits per heavy atom. The molecule has 2 aromatic rings. The normalized spacial score (nSPS) is 17.2. The third kappa shape index (κ3) is 4.47.